The minimum atomic E-state index is -0.787. The number of ketones is 1. The summed E-state index contributed by atoms with van der Waals surface area (Å²) < 4.78 is 18.8. The first-order chi connectivity index (χ1) is 14.7. The summed E-state index contributed by atoms with van der Waals surface area (Å²) in [6.07, 6.45) is 0.652. The molecule has 0 radical (unpaired) electrons. The molecule has 164 valence electrons. The smallest absolute Gasteiger partial charge is 0.295 e. The van der Waals surface area contributed by atoms with Crippen LogP contribution in [0.5, 0.6) is 5.75 Å². The van der Waals surface area contributed by atoms with Crippen molar-refractivity contribution in [2.24, 2.45) is 0 Å². The average Bonchev–Trinajstić information content (AvgIpc) is 2.98. The molecule has 0 aliphatic carbocycles. The Bertz CT molecular complexity index is 1010. The van der Waals surface area contributed by atoms with Gasteiger partial charge in [-0.3, -0.25) is 9.59 Å². The number of carbonyl (C=O) groups is 2. The zero-order valence-electron chi connectivity index (χ0n) is 18.2. The Labute approximate surface area is 181 Å². The zero-order chi connectivity index (χ0) is 22.7. The van der Waals surface area contributed by atoms with Crippen molar-refractivity contribution < 1.29 is 23.8 Å². The fraction of sp³-hybridized carbons (Fsp3) is 0.333. The number of nitrogens with zero attached hydrogens (tertiary/aromatic N) is 2. The number of aryl methyl sites for hydroxylation is 1. The highest BCUT2D eigenvalue weighted by Crippen LogP contribution is 2.40. The number of benzene rings is 2. The molecule has 0 unspecified atom stereocenters. The number of ether oxygens (including phenoxy) is 1. The number of Topliss-reactive ketones (excluding diaryl/α,β-unsaturated/α-hetero) is 1. The van der Waals surface area contributed by atoms with Crippen LogP contribution in [0.4, 0.5) is 4.39 Å². The number of aliphatic hydroxyl groups is 1. The van der Waals surface area contributed by atoms with Gasteiger partial charge in [-0.25, -0.2) is 4.39 Å². The van der Waals surface area contributed by atoms with Crippen molar-refractivity contribution in [3.05, 3.63) is 70.5 Å². The average molecular weight is 426 g/mol. The van der Waals surface area contributed by atoms with Gasteiger partial charge >= 0.3 is 0 Å². The molecule has 1 N–H and O–H groups in total. The molecule has 7 heteroatoms. The third-order valence-electron chi connectivity index (χ3n) is 5.40. The molecule has 2 aromatic carbocycles. The van der Waals surface area contributed by atoms with E-state index < -0.39 is 23.5 Å². The van der Waals surface area contributed by atoms with E-state index in [1.807, 2.05) is 25.9 Å². The van der Waals surface area contributed by atoms with Gasteiger partial charge in [0.05, 0.1) is 18.7 Å². The quantitative estimate of drug-likeness (QED) is 0.417. The predicted molar refractivity (Wildman–Crippen MR) is 116 cm³/mol. The third kappa shape index (κ3) is 4.61. The van der Waals surface area contributed by atoms with E-state index in [-0.39, 0.29) is 11.3 Å². The van der Waals surface area contributed by atoms with Crippen molar-refractivity contribution in [2.75, 3.05) is 34.3 Å². The molecule has 1 saturated heterocycles. The van der Waals surface area contributed by atoms with Crippen molar-refractivity contribution in [3.63, 3.8) is 0 Å². The summed E-state index contributed by atoms with van der Waals surface area (Å²) in [5, 5.41) is 11.1. The van der Waals surface area contributed by atoms with Crippen molar-refractivity contribution in [1.82, 2.24) is 9.80 Å². The summed E-state index contributed by atoms with van der Waals surface area (Å²) in [7, 11) is 5.41. The van der Waals surface area contributed by atoms with Crippen LogP contribution in [0.15, 0.2) is 48.0 Å². The van der Waals surface area contributed by atoms with Gasteiger partial charge in [0.25, 0.3) is 11.7 Å². The Hall–Kier alpha value is -3.19. The molecular formula is C24H27FN2O4. The van der Waals surface area contributed by atoms with Gasteiger partial charge in [0.2, 0.25) is 0 Å². The second-order valence-electron chi connectivity index (χ2n) is 7.89. The fourth-order valence-electron chi connectivity index (χ4n) is 3.84. The second-order valence-corrected chi connectivity index (χ2v) is 7.89. The minimum absolute atomic E-state index is 0.00558. The van der Waals surface area contributed by atoms with Crippen molar-refractivity contribution in [2.45, 2.75) is 19.4 Å². The number of halogens is 1. The fourth-order valence-corrected chi connectivity index (χ4v) is 3.84. The summed E-state index contributed by atoms with van der Waals surface area (Å²) in [6.45, 7) is 2.90. The minimum Gasteiger partial charge on any atom is -0.507 e. The van der Waals surface area contributed by atoms with Crippen LogP contribution in [0.25, 0.3) is 5.76 Å². The lowest BCUT2D eigenvalue weighted by atomic mass is 9.94. The highest BCUT2D eigenvalue weighted by atomic mass is 19.1. The molecule has 0 saturated carbocycles. The van der Waals surface area contributed by atoms with Crippen LogP contribution in [0.3, 0.4) is 0 Å². The normalized spacial score (nSPS) is 18.1. The van der Waals surface area contributed by atoms with Crippen molar-refractivity contribution >= 4 is 17.4 Å². The molecule has 1 aliphatic heterocycles. The van der Waals surface area contributed by atoms with Gasteiger partial charge in [-0.2, -0.15) is 0 Å². The molecule has 0 aromatic heterocycles. The summed E-state index contributed by atoms with van der Waals surface area (Å²) in [5.41, 5.74) is 1.77. The molecule has 1 amide bonds. The number of aliphatic hydroxyl groups excluding tert-OH is 1. The van der Waals surface area contributed by atoms with Gasteiger partial charge in [0, 0.05) is 12.1 Å². The topological polar surface area (TPSA) is 70.1 Å². The zero-order valence-corrected chi connectivity index (χ0v) is 18.2. The molecule has 0 bridgehead atoms. The van der Waals surface area contributed by atoms with E-state index in [4.69, 9.17) is 4.74 Å². The van der Waals surface area contributed by atoms with Crippen LogP contribution in [0.2, 0.25) is 0 Å². The van der Waals surface area contributed by atoms with Crippen LogP contribution in [-0.4, -0.2) is 60.9 Å². The van der Waals surface area contributed by atoms with Gasteiger partial charge in [-0.1, -0.05) is 12.1 Å². The van der Waals surface area contributed by atoms with Crippen molar-refractivity contribution in [3.8, 4) is 5.75 Å². The second kappa shape index (κ2) is 9.31. The van der Waals surface area contributed by atoms with E-state index in [1.54, 1.807) is 25.3 Å². The van der Waals surface area contributed by atoms with Gasteiger partial charge in [0.15, 0.2) is 0 Å². The molecule has 2 aromatic rings. The molecule has 1 aliphatic rings. The van der Waals surface area contributed by atoms with Gasteiger partial charge in [-0.05, 0) is 75.4 Å². The summed E-state index contributed by atoms with van der Waals surface area (Å²) in [6, 6.07) is 9.90. The van der Waals surface area contributed by atoms with Gasteiger partial charge in [-0.15, -0.1) is 0 Å². The van der Waals surface area contributed by atoms with E-state index in [2.05, 4.69) is 0 Å². The number of amides is 1. The van der Waals surface area contributed by atoms with Gasteiger partial charge in [0.1, 0.15) is 17.3 Å². The van der Waals surface area contributed by atoms with E-state index >= 15 is 0 Å². The number of hydrogen-bond acceptors (Lipinski definition) is 5. The van der Waals surface area contributed by atoms with Crippen LogP contribution in [0, 0.1) is 12.7 Å². The molecule has 31 heavy (non-hydrogen) atoms. The summed E-state index contributed by atoms with van der Waals surface area (Å²) >= 11 is 0. The molecule has 6 nitrogen and oxygen atoms in total. The number of rotatable bonds is 7. The first kappa shape index (κ1) is 22.5. The maximum Gasteiger partial charge on any atom is 0.295 e. The van der Waals surface area contributed by atoms with Crippen LogP contribution < -0.4 is 4.74 Å². The molecule has 1 fully saturated rings. The monoisotopic (exact) mass is 426 g/mol. The Morgan fingerprint density at radius 1 is 1.16 bits per heavy atom. The summed E-state index contributed by atoms with van der Waals surface area (Å²) in [5.74, 6) is -1.44. The lowest BCUT2D eigenvalue weighted by Gasteiger charge is -2.26. The van der Waals surface area contributed by atoms with Crippen LogP contribution in [0.1, 0.15) is 29.2 Å². The first-order valence-electron chi connectivity index (χ1n) is 10.1. The Morgan fingerprint density at radius 2 is 1.84 bits per heavy atom. The molecule has 3 rings (SSSR count). The highest BCUT2D eigenvalue weighted by Gasteiger charge is 2.45. The standard InChI is InChI=1S/C24H27FN2O4/c1-15-14-17(8-11-19(15)31-4)22(28)20-21(16-6-9-18(25)10-7-16)27(24(30)23(20)29)13-5-12-26(2)3/h6-11,14,21,28H,5,12-13H2,1-4H3/t21-/m1/s1. The lowest BCUT2D eigenvalue weighted by molar-refractivity contribution is -0.139. The highest BCUT2D eigenvalue weighted by molar-refractivity contribution is 6.46. The lowest BCUT2D eigenvalue weighted by Crippen LogP contribution is -2.32. The van der Waals surface area contributed by atoms with Gasteiger partial charge < -0.3 is 19.6 Å². The molecule has 0 spiro atoms. The largest absolute Gasteiger partial charge is 0.507 e. The maximum atomic E-state index is 13.5. The Balaban J connectivity index is 2.10. The maximum absolute atomic E-state index is 13.5. The molecule has 1 atom stereocenters. The van der Waals surface area contributed by atoms with Crippen LogP contribution in [-0.2, 0) is 9.59 Å². The van der Waals surface area contributed by atoms with E-state index in [0.717, 1.165) is 12.1 Å². The van der Waals surface area contributed by atoms with E-state index in [1.165, 1.54) is 29.2 Å². The number of hydrogen-bond donors (Lipinski definition) is 1. The van der Waals surface area contributed by atoms with E-state index in [9.17, 15) is 19.1 Å². The Morgan fingerprint density at radius 3 is 2.42 bits per heavy atom. The first-order valence-corrected chi connectivity index (χ1v) is 10.1. The van der Waals surface area contributed by atoms with Crippen LogP contribution >= 0.6 is 0 Å². The number of likely N-dealkylation sites (tertiary alicyclic amines) is 1. The Kier molecular flexibility index (Phi) is 6.75. The third-order valence-corrected chi connectivity index (χ3v) is 5.40. The van der Waals surface area contributed by atoms with E-state index in [0.29, 0.717) is 29.8 Å². The predicted octanol–water partition coefficient (Wildman–Crippen LogP) is 3.52. The number of carbonyl (C=O) groups excluding carboxylic acids is 2. The summed E-state index contributed by atoms with van der Waals surface area (Å²) in [4.78, 5) is 29.3. The van der Waals surface area contributed by atoms with Crippen molar-refractivity contribution in [1.29, 1.82) is 0 Å². The molecular weight excluding hydrogens is 399 g/mol. The number of methoxy groups -OCH3 is 1. The SMILES string of the molecule is COc1ccc(C(O)=C2C(=O)C(=O)N(CCCN(C)C)[C@@H]2c2ccc(F)cc2)cc1C. The molecule has 1 heterocycles.